The third-order valence-electron chi connectivity index (χ3n) is 3.89. The second kappa shape index (κ2) is 6.93. The Bertz CT molecular complexity index is 825. The van der Waals surface area contributed by atoms with Gasteiger partial charge in [0.05, 0.1) is 0 Å². The zero-order chi connectivity index (χ0) is 16.2. The van der Waals surface area contributed by atoms with Gasteiger partial charge in [-0.3, -0.25) is 0 Å². The lowest BCUT2D eigenvalue weighted by molar-refractivity contribution is 0.632. The van der Waals surface area contributed by atoms with Crippen LogP contribution in [0.3, 0.4) is 0 Å². The van der Waals surface area contributed by atoms with Gasteiger partial charge in [-0.25, -0.2) is 4.39 Å². The van der Waals surface area contributed by atoms with Crippen LogP contribution in [0.25, 0.3) is 27.6 Å². The van der Waals surface area contributed by atoms with Gasteiger partial charge < -0.3 is 0 Å². The highest BCUT2D eigenvalue weighted by atomic mass is 32.1. The molecule has 0 spiro atoms. The lowest BCUT2D eigenvalue weighted by Crippen LogP contribution is -1.86. The minimum atomic E-state index is -0.170. The summed E-state index contributed by atoms with van der Waals surface area (Å²) in [4.78, 5) is 2.10. The Morgan fingerprint density at radius 1 is 0.957 bits per heavy atom. The van der Waals surface area contributed by atoms with Crippen LogP contribution < -0.4 is 0 Å². The fourth-order valence-electron chi connectivity index (χ4n) is 2.58. The largest absolute Gasteiger partial charge is 0.206 e. The van der Waals surface area contributed by atoms with E-state index in [-0.39, 0.29) is 5.82 Å². The normalized spacial score (nSPS) is 11.3. The van der Waals surface area contributed by atoms with E-state index in [2.05, 4.69) is 31.2 Å². The molecule has 0 fully saturated rings. The molecule has 0 N–H and O–H groups in total. The van der Waals surface area contributed by atoms with Gasteiger partial charge >= 0.3 is 0 Å². The van der Waals surface area contributed by atoms with Crippen LogP contribution in [0.15, 0.2) is 60.7 Å². The van der Waals surface area contributed by atoms with Gasteiger partial charge in [0.2, 0.25) is 0 Å². The van der Waals surface area contributed by atoms with Gasteiger partial charge in [-0.05, 0) is 60.4 Å². The molecule has 0 saturated carbocycles. The zero-order valence-electron chi connectivity index (χ0n) is 13.3. The van der Waals surface area contributed by atoms with Crippen LogP contribution in [0.5, 0.6) is 0 Å². The van der Waals surface area contributed by atoms with Gasteiger partial charge in [-0.1, -0.05) is 43.3 Å². The fourth-order valence-corrected chi connectivity index (χ4v) is 3.58. The first-order valence-electron chi connectivity index (χ1n) is 7.83. The Kier molecular flexibility index (Phi) is 4.73. The monoisotopic (exact) mass is 322 g/mol. The highest BCUT2D eigenvalue weighted by molar-refractivity contribution is 7.16. The van der Waals surface area contributed by atoms with E-state index in [9.17, 15) is 4.39 Å². The number of allylic oxidation sites excluding steroid dienone is 1. The van der Waals surface area contributed by atoms with Crippen LogP contribution in [0.2, 0.25) is 0 Å². The predicted octanol–water partition coefficient (Wildman–Crippen LogP) is 6.82. The maximum Gasteiger partial charge on any atom is 0.132 e. The molecule has 3 aromatic rings. The Hall–Kier alpha value is -2.19. The van der Waals surface area contributed by atoms with Crippen molar-refractivity contribution in [1.29, 1.82) is 0 Å². The quantitative estimate of drug-likeness (QED) is 0.494. The smallest absolute Gasteiger partial charge is 0.132 e. The summed E-state index contributed by atoms with van der Waals surface area (Å²) in [7, 11) is 0. The summed E-state index contributed by atoms with van der Waals surface area (Å²) in [6, 6.07) is 17.8. The molecule has 0 atom stereocenters. The molecule has 0 bridgehead atoms. The molecule has 1 heterocycles. The van der Waals surface area contributed by atoms with Gasteiger partial charge in [0.1, 0.15) is 5.82 Å². The van der Waals surface area contributed by atoms with Crippen LogP contribution in [-0.2, 0) is 6.42 Å². The van der Waals surface area contributed by atoms with E-state index in [1.807, 2.05) is 43.3 Å². The van der Waals surface area contributed by atoms with E-state index in [4.69, 9.17) is 0 Å². The summed E-state index contributed by atoms with van der Waals surface area (Å²) in [5.74, 6) is -0.170. The summed E-state index contributed by atoms with van der Waals surface area (Å²) >= 11 is 1.60. The van der Waals surface area contributed by atoms with Gasteiger partial charge in [0.15, 0.2) is 0 Å². The SMILES string of the molecule is C/C=C\c1ccc(-c2ccc(-c3ccc(CC)cc3)cc2F)s1. The van der Waals surface area contributed by atoms with E-state index in [0.29, 0.717) is 5.56 Å². The second-order valence-electron chi connectivity index (χ2n) is 5.45. The lowest BCUT2D eigenvalue weighted by Gasteiger charge is -2.06. The highest BCUT2D eigenvalue weighted by Gasteiger charge is 2.09. The molecule has 0 radical (unpaired) electrons. The summed E-state index contributed by atoms with van der Waals surface area (Å²) in [6.45, 7) is 4.12. The molecular weight excluding hydrogens is 303 g/mol. The van der Waals surface area contributed by atoms with Crippen molar-refractivity contribution in [3.8, 4) is 21.6 Å². The molecule has 2 aromatic carbocycles. The molecule has 0 aliphatic rings. The Morgan fingerprint density at radius 2 is 1.70 bits per heavy atom. The fraction of sp³-hybridized carbons (Fsp3) is 0.143. The predicted molar refractivity (Wildman–Crippen MR) is 99.2 cm³/mol. The molecule has 3 rings (SSSR count). The summed E-state index contributed by atoms with van der Waals surface area (Å²) in [5, 5.41) is 0. The maximum absolute atomic E-state index is 14.6. The van der Waals surface area contributed by atoms with Crippen LogP contribution in [-0.4, -0.2) is 0 Å². The summed E-state index contributed by atoms with van der Waals surface area (Å²) in [5.41, 5.74) is 3.92. The minimum Gasteiger partial charge on any atom is -0.206 e. The van der Waals surface area contributed by atoms with Crippen molar-refractivity contribution >= 4 is 17.4 Å². The third-order valence-corrected chi connectivity index (χ3v) is 4.97. The number of benzene rings is 2. The Labute approximate surface area is 140 Å². The van der Waals surface area contributed by atoms with Crippen LogP contribution >= 0.6 is 11.3 Å². The third kappa shape index (κ3) is 3.43. The standard InChI is InChI=1S/C21H19FS/c1-3-5-18-11-13-21(23-18)19-12-10-17(14-20(19)22)16-8-6-15(4-2)7-9-16/h3,5-14H,4H2,1-2H3/b5-3-. The maximum atomic E-state index is 14.6. The van der Waals surface area contributed by atoms with Crippen LogP contribution in [0, 0.1) is 5.82 Å². The number of hydrogen-bond donors (Lipinski definition) is 0. The number of halogens is 1. The van der Waals surface area contributed by atoms with Crippen molar-refractivity contribution < 1.29 is 4.39 Å². The molecule has 0 unspecified atom stereocenters. The first-order chi connectivity index (χ1) is 11.2. The van der Waals surface area contributed by atoms with Crippen LogP contribution in [0.1, 0.15) is 24.3 Å². The summed E-state index contributed by atoms with van der Waals surface area (Å²) in [6.07, 6.45) is 5.05. The number of rotatable bonds is 4. The van der Waals surface area contributed by atoms with E-state index in [1.54, 1.807) is 17.4 Å². The molecule has 1 aromatic heterocycles. The van der Waals surface area contributed by atoms with Gasteiger partial charge in [0.25, 0.3) is 0 Å². The van der Waals surface area contributed by atoms with Gasteiger partial charge in [0, 0.05) is 15.3 Å². The topological polar surface area (TPSA) is 0 Å². The zero-order valence-corrected chi connectivity index (χ0v) is 14.2. The van der Waals surface area contributed by atoms with Crippen molar-refractivity contribution in [2.75, 3.05) is 0 Å². The van der Waals surface area contributed by atoms with Crippen molar-refractivity contribution in [1.82, 2.24) is 0 Å². The molecule has 0 aliphatic carbocycles. The number of thiophene rings is 1. The Morgan fingerprint density at radius 3 is 2.35 bits per heavy atom. The first-order valence-corrected chi connectivity index (χ1v) is 8.64. The van der Waals surface area contributed by atoms with Crippen molar-refractivity contribution in [3.63, 3.8) is 0 Å². The van der Waals surface area contributed by atoms with Gasteiger partial charge in [-0.2, -0.15) is 0 Å². The molecule has 0 nitrogen and oxygen atoms in total. The second-order valence-corrected chi connectivity index (χ2v) is 6.56. The minimum absolute atomic E-state index is 0.170. The molecule has 0 aliphatic heterocycles. The highest BCUT2D eigenvalue weighted by Crippen LogP contribution is 2.33. The number of hydrogen-bond acceptors (Lipinski definition) is 1. The van der Waals surface area contributed by atoms with E-state index < -0.39 is 0 Å². The Balaban J connectivity index is 1.93. The average Bonchev–Trinajstić information content (AvgIpc) is 3.03. The van der Waals surface area contributed by atoms with Crippen LogP contribution in [0.4, 0.5) is 4.39 Å². The molecule has 2 heteroatoms. The molecule has 0 saturated heterocycles. The van der Waals surface area contributed by atoms with Crippen molar-refractivity contribution in [2.45, 2.75) is 20.3 Å². The van der Waals surface area contributed by atoms with Crippen molar-refractivity contribution in [3.05, 3.63) is 76.9 Å². The average molecular weight is 322 g/mol. The summed E-state index contributed by atoms with van der Waals surface area (Å²) < 4.78 is 14.6. The van der Waals surface area contributed by atoms with Crippen molar-refractivity contribution in [2.24, 2.45) is 0 Å². The molecule has 116 valence electrons. The molecular formula is C21H19FS. The van der Waals surface area contributed by atoms with E-state index in [0.717, 1.165) is 27.3 Å². The van der Waals surface area contributed by atoms with Gasteiger partial charge in [-0.15, -0.1) is 11.3 Å². The molecule has 23 heavy (non-hydrogen) atoms. The lowest BCUT2D eigenvalue weighted by atomic mass is 10.0. The van der Waals surface area contributed by atoms with E-state index in [1.165, 1.54) is 5.56 Å². The first kappa shape index (κ1) is 15.7. The number of aryl methyl sites for hydroxylation is 1. The van der Waals surface area contributed by atoms with E-state index >= 15 is 0 Å². The molecule has 0 amide bonds.